The number of nitrogens with zero attached hydrogens (tertiary/aromatic N) is 3. The molecule has 3 amide bonds. The average molecular weight is 443 g/mol. The monoisotopic (exact) mass is 442 g/mol. The minimum absolute atomic E-state index is 0.0340. The van der Waals surface area contributed by atoms with Gasteiger partial charge < -0.3 is 15.5 Å². The Bertz CT molecular complexity index is 1160. The Morgan fingerprint density at radius 1 is 1.15 bits per heavy atom. The van der Waals surface area contributed by atoms with Gasteiger partial charge in [0.2, 0.25) is 0 Å². The van der Waals surface area contributed by atoms with Crippen LogP contribution in [0.2, 0.25) is 0 Å². The topological polar surface area (TPSA) is 114 Å². The number of hydrogen-bond acceptors (Lipinski definition) is 4. The van der Waals surface area contributed by atoms with E-state index >= 15 is 0 Å². The Hall–Kier alpha value is -4.12. The van der Waals surface area contributed by atoms with Crippen LogP contribution in [0.5, 0.6) is 0 Å². The predicted octanol–water partition coefficient (Wildman–Crippen LogP) is 3.93. The molecule has 8 nitrogen and oxygen atoms in total. The molecule has 1 fully saturated rings. The fourth-order valence-electron chi connectivity index (χ4n) is 4.04. The van der Waals surface area contributed by atoms with Gasteiger partial charge in [-0.2, -0.15) is 10.4 Å². The third-order valence-electron chi connectivity index (χ3n) is 6.01. The third kappa shape index (κ3) is 5.39. The van der Waals surface area contributed by atoms with E-state index in [1.807, 2.05) is 42.2 Å². The number of aromatic nitrogens is 2. The number of aromatic amines is 1. The maximum atomic E-state index is 13.1. The third-order valence-corrected chi connectivity index (χ3v) is 6.01. The molecule has 1 aliphatic rings. The standard InChI is InChI=1S/C25H26N6O2/c1-17-2-5-21(14-23(17)29-25(33)27-16-22-8-11-28-30-22)24(32)31-12-9-20(10-13-31)19-6-3-18(15-26)4-7-19/h2-8,11,14,20H,9-10,12-13,16H2,1H3,(H,28,30)(H2,27,29,33). The Balaban J connectivity index is 1.35. The number of nitrogens with one attached hydrogen (secondary N) is 3. The second kappa shape index (κ2) is 10.0. The van der Waals surface area contributed by atoms with Crippen LogP contribution in [0.4, 0.5) is 10.5 Å². The van der Waals surface area contributed by atoms with Crippen LogP contribution in [0.25, 0.3) is 0 Å². The second-order valence-electron chi connectivity index (χ2n) is 8.20. The largest absolute Gasteiger partial charge is 0.339 e. The summed E-state index contributed by atoms with van der Waals surface area (Å²) in [6.07, 6.45) is 3.45. The second-order valence-corrected chi connectivity index (χ2v) is 8.20. The molecule has 3 N–H and O–H groups in total. The highest BCUT2D eigenvalue weighted by Gasteiger charge is 2.25. The van der Waals surface area contributed by atoms with Crippen molar-refractivity contribution in [3.05, 3.63) is 82.7 Å². The molecule has 1 aromatic heterocycles. The first-order valence-electron chi connectivity index (χ1n) is 11.0. The maximum absolute atomic E-state index is 13.1. The zero-order valence-electron chi connectivity index (χ0n) is 18.5. The summed E-state index contributed by atoms with van der Waals surface area (Å²) in [5.41, 5.74) is 4.64. The zero-order chi connectivity index (χ0) is 23.2. The zero-order valence-corrected chi connectivity index (χ0v) is 18.5. The minimum atomic E-state index is -0.353. The summed E-state index contributed by atoms with van der Waals surface area (Å²) in [4.78, 5) is 27.3. The van der Waals surface area contributed by atoms with Gasteiger partial charge in [0.1, 0.15) is 0 Å². The Labute approximate surface area is 192 Å². The average Bonchev–Trinajstić information content (AvgIpc) is 3.38. The SMILES string of the molecule is Cc1ccc(C(=O)N2CCC(c3ccc(C#N)cc3)CC2)cc1NC(=O)NCc1cc[nH]n1. The molecule has 0 aliphatic carbocycles. The number of rotatable bonds is 5. The number of benzene rings is 2. The number of nitriles is 1. The Kier molecular flexibility index (Phi) is 6.69. The number of urea groups is 1. The number of piperidine rings is 1. The van der Waals surface area contributed by atoms with Crippen LogP contribution in [0, 0.1) is 18.3 Å². The van der Waals surface area contributed by atoms with Gasteiger partial charge in [0, 0.05) is 30.5 Å². The normalized spacial score (nSPS) is 13.9. The van der Waals surface area contributed by atoms with E-state index < -0.39 is 0 Å². The molecular weight excluding hydrogens is 416 g/mol. The molecule has 2 heterocycles. The first-order valence-corrected chi connectivity index (χ1v) is 11.0. The van der Waals surface area contributed by atoms with Gasteiger partial charge in [-0.1, -0.05) is 18.2 Å². The number of carbonyl (C=O) groups is 2. The van der Waals surface area contributed by atoms with E-state index in [9.17, 15) is 9.59 Å². The molecule has 0 bridgehead atoms. The summed E-state index contributed by atoms with van der Waals surface area (Å²) in [7, 11) is 0. The Morgan fingerprint density at radius 2 is 1.91 bits per heavy atom. The van der Waals surface area contributed by atoms with Gasteiger partial charge in [0.25, 0.3) is 5.91 Å². The summed E-state index contributed by atoms with van der Waals surface area (Å²) in [6, 6.07) is 16.7. The van der Waals surface area contributed by atoms with Crippen LogP contribution in [-0.2, 0) is 6.54 Å². The van der Waals surface area contributed by atoms with Gasteiger partial charge in [-0.05, 0) is 67.1 Å². The number of amides is 3. The first kappa shape index (κ1) is 22.1. The van der Waals surface area contributed by atoms with E-state index in [1.54, 1.807) is 24.4 Å². The van der Waals surface area contributed by atoms with E-state index in [4.69, 9.17) is 5.26 Å². The van der Waals surface area contributed by atoms with Crippen LogP contribution >= 0.6 is 0 Å². The predicted molar refractivity (Wildman–Crippen MR) is 125 cm³/mol. The Morgan fingerprint density at radius 3 is 2.58 bits per heavy atom. The van der Waals surface area contributed by atoms with Crippen molar-refractivity contribution >= 4 is 17.6 Å². The molecule has 0 radical (unpaired) electrons. The number of anilines is 1. The summed E-state index contributed by atoms with van der Waals surface area (Å²) < 4.78 is 0. The molecule has 4 rings (SSSR count). The van der Waals surface area contributed by atoms with Gasteiger partial charge in [-0.15, -0.1) is 0 Å². The van der Waals surface area contributed by atoms with Gasteiger partial charge in [-0.3, -0.25) is 9.89 Å². The van der Waals surface area contributed by atoms with Crippen LogP contribution < -0.4 is 10.6 Å². The number of H-pyrrole nitrogens is 1. The summed E-state index contributed by atoms with van der Waals surface area (Å²) >= 11 is 0. The van der Waals surface area contributed by atoms with E-state index in [0.717, 1.165) is 24.1 Å². The van der Waals surface area contributed by atoms with Crippen molar-refractivity contribution < 1.29 is 9.59 Å². The van der Waals surface area contributed by atoms with Crippen LogP contribution in [-0.4, -0.2) is 40.1 Å². The van der Waals surface area contributed by atoms with Crippen molar-refractivity contribution in [2.75, 3.05) is 18.4 Å². The molecular formula is C25H26N6O2. The number of likely N-dealkylation sites (tertiary alicyclic amines) is 1. The smallest absolute Gasteiger partial charge is 0.319 e. The van der Waals surface area contributed by atoms with Crippen LogP contribution in [0.1, 0.15) is 51.5 Å². The van der Waals surface area contributed by atoms with Crippen LogP contribution in [0.3, 0.4) is 0 Å². The van der Waals surface area contributed by atoms with Crippen molar-refractivity contribution in [1.29, 1.82) is 5.26 Å². The maximum Gasteiger partial charge on any atom is 0.319 e. The van der Waals surface area contributed by atoms with Crippen LogP contribution in [0.15, 0.2) is 54.7 Å². The molecule has 2 aromatic carbocycles. The van der Waals surface area contributed by atoms with Gasteiger partial charge >= 0.3 is 6.03 Å². The van der Waals surface area contributed by atoms with Crippen molar-refractivity contribution in [3.8, 4) is 6.07 Å². The fraction of sp³-hybridized carbons (Fsp3) is 0.280. The minimum Gasteiger partial charge on any atom is -0.339 e. The van der Waals surface area contributed by atoms with E-state index in [0.29, 0.717) is 42.4 Å². The highest BCUT2D eigenvalue weighted by molar-refractivity contribution is 5.97. The lowest BCUT2D eigenvalue weighted by Gasteiger charge is -2.32. The quantitative estimate of drug-likeness (QED) is 0.555. The highest BCUT2D eigenvalue weighted by Crippen LogP contribution is 2.29. The molecule has 0 unspecified atom stereocenters. The van der Waals surface area contributed by atoms with Gasteiger partial charge in [-0.25, -0.2) is 4.79 Å². The summed E-state index contributed by atoms with van der Waals surface area (Å²) in [5.74, 6) is 0.350. The molecule has 1 aliphatic heterocycles. The summed E-state index contributed by atoms with van der Waals surface area (Å²) in [6.45, 7) is 3.54. The van der Waals surface area contributed by atoms with Crippen molar-refractivity contribution in [2.24, 2.45) is 0 Å². The lowest BCUT2D eigenvalue weighted by Crippen LogP contribution is -2.38. The van der Waals surface area contributed by atoms with E-state index in [1.165, 1.54) is 5.56 Å². The molecule has 1 saturated heterocycles. The molecule has 3 aromatic rings. The van der Waals surface area contributed by atoms with Gasteiger partial charge in [0.15, 0.2) is 0 Å². The first-order chi connectivity index (χ1) is 16.0. The molecule has 33 heavy (non-hydrogen) atoms. The van der Waals surface area contributed by atoms with E-state index in [-0.39, 0.29) is 11.9 Å². The molecule has 0 spiro atoms. The fourth-order valence-corrected chi connectivity index (χ4v) is 4.04. The van der Waals surface area contributed by atoms with E-state index in [2.05, 4.69) is 26.9 Å². The molecule has 8 heteroatoms. The lowest BCUT2D eigenvalue weighted by molar-refractivity contribution is 0.0713. The highest BCUT2D eigenvalue weighted by atomic mass is 16.2. The lowest BCUT2D eigenvalue weighted by atomic mass is 9.89. The van der Waals surface area contributed by atoms with Crippen molar-refractivity contribution in [2.45, 2.75) is 32.2 Å². The molecule has 0 atom stereocenters. The summed E-state index contributed by atoms with van der Waals surface area (Å²) in [5, 5.41) is 21.3. The van der Waals surface area contributed by atoms with Gasteiger partial charge in [0.05, 0.1) is 23.9 Å². The number of carbonyl (C=O) groups excluding carboxylic acids is 2. The molecule has 0 saturated carbocycles. The number of hydrogen-bond donors (Lipinski definition) is 3. The van der Waals surface area contributed by atoms with Crippen molar-refractivity contribution in [1.82, 2.24) is 20.4 Å². The van der Waals surface area contributed by atoms with Crippen molar-refractivity contribution in [3.63, 3.8) is 0 Å². The molecule has 168 valence electrons. The number of aryl methyl sites for hydroxylation is 1.